The van der Waals surface area contributed by atoms with Crippen molar-refractivity contribution < 1.29 is 14.2 Å². The summed E-state index contributed by atoms with van der Waals surface area (Å²) >= 11 is 0. The fourth-order valence-corrected chi connectivity index (χ4v) is 1.03. The maximum Gasteiger partial charge on any atom is 0.160 e. The van der Waals surface area contributed by atoms with Crippen molar-refractivity contribution in [2.45, 2.75) is 6.04 Å². The molecule has 0 aliphatic rings. The molecule has 3 nitrogen and oxygen atoms in total. The molecule has 13 heavy (non-hydrogen) atoms. The van der Waals surface area contributed by atoms with Gasteiger partial charge in [-0.2, -0.15) is 0 Å². The van der Waals surface area contributed by atoms with Crippen LogP contribution in [-0.2, 0) is 0 Å². The standard InChI is InChI=1S/C9H12FNO2/c1-13-9-3-2-6(4-8(9)12)7(11)5-10/h2-4,7,12H,5,11H2,1H3/t7-/m1/s1. The van der Waals surface area contributed by atoms with Crippen molar-refractivity contribution in [1.82, 2.24) is 0 Å². The predicted octanol–water partition coefficient (Wildman–Crippen LogP) is 1.37. The Morgan fingerprint density at radius 3 is 2.77 bits per heavy atom. The zero-order valence-corrected chi connectivity index (χ0v) is 7.33. The van der Waals surface area contributed by atoms with Crippen LogP contribution >= 0.6 is 0 Å². The van der Waals surface area contributed by atoms with Gasteiger partial charge in [-0.3, -0.25) is 0 Å². The molecule has 0 fully saturated rings. The highest BCUT2D eigenvalue weighted by molar-refractivity contribution is 5.42. The Kier molecular flexibility index (Phi) is 3.08. The van der Waals surface area contributed by atoms with E-state index in [4.69, 9.17) is 10.5 Å². The molecule has 3 N–H and O–H groups in total. The summed E-state index contributed by atoms with van der Waals surface area (Å²) in [6.07, 6.45) is 0. The number of phenols is 1. The van der Waals surface area contributed by atoms with Gasteiger partial charge in [0.1, 0.15) is 6.67 Å². The molecule has 0 saturated carbocycles. The Hall–Kier alpha value is -1.29. The van der Waals surface area contributed by atoms with E-state index in [1.807, 2.05) is 0 Å². The third kappa shape index (κ3) is 2.09. The fourth-order valence-electron chi connectivity index (χ4n) is 1.03. The Labute approximate surface area is 75.9 Å². The molecular formula is C9H12FNO2. The second-order valence-corrected chi connectivity index (χ2v) is 2.69. The number of methoxy groups -OCH3 is 1. The molecule has 72 valence electrons. The Morgan fingerprint density at radius 2 is 2.31 bits per heavy atom. The van der Waals surface area contributed by atoms with Crippen LogP contribution in [0, 0.1) is 0 Å². The van der Waals surface area contributed by atoms with Gasteiger partial charge in [0.15, 0.2) is 11.5 Å². The van der Waals surface area contributed by atoms with Gasteiger partial charge in [-0.15, -0.1) is 0 Å². The van der Waals surface area contributed by atoms with E-state index in [-0.39, 0.29) is 5.75 Å². The highest BCUT2D eigenvalue weighted by Gasteiger charge is 2.08. The van der Waals surface area contributed by atoms with E-state index in [0.717, 1.165) is 0 Å². The first-order valence-corrected chi connectivity index (χ1v) is 3.87. The summed E-state index contributed by atoms with van der Waals surface area (Å²) in [4.78, 5) is 0. The molecule has 0 heterocycles. The number of hydrogen-bond donors (Lipinski definition) is 2. The van der Waals surface area contributed by atoms with Crippen LogP contribution in [0.25, 0.3) is 0 Å². The van der Waals surface area contributed by atoms with Crippen molar-refractivity contribution in [2.75, 3.05) is 13.8 Å². The monoisotopic (exact) mass is 185 g/mol. The zero-order valence-electron chi connectivity index (χ0n) is 7.33. The third-order valence-electron chi connectivity index (χ3n) is 1.80. The number of alkyl halides is 1. The van der Waals surface area contributed by atoms with Gasteiger partial charge in [-0.1, -0.05) is 6.07 Å². The molecule has 0 aliphatic heterocycles. The molecule has 0 amide bonds. The lowest BCUT2D eigenvalue weighted by molar-refractivity contribution is 0.371. The Morgan fingerprint density at radius 1 is 1.62 bits per heavy atom. The molecule has 0 unspecified atom stereocenters. The maximum atomic E-state index is 12.1. The minimum atomic E-state index is -0.684. The lowest BCUT2D eigenvalue weighted by Crippen LogP contribution is -2.11. The summed E-state index contributed by atoms with van der Waals surface area (Å²) in [6.45, 7) is -0.647. The molecule has 0 bridgehead atoms. The number of aromatic hydroxyl groups is 1. The average molecular weight is 185 g/mol. The first kappa shape index (κ1) is 9.80. The molecule has 0 saturated heterocycles. The zero-order chi connectivity index (χ0) is 9.84. The topological polar surface area (TPSA) is 55.5 Å². The number of ether oxygens (including phenoxy) is 1. The van der Waals surface area contributed by atoms with Crippen LogP contribution in [0.2, 0.25) is 0 Å². The first-order valence-electron chi connectivity index (χ1n) is 3.87. The van der Waals surface area contributed by atoms with Crippen molar-refractivity contribution >= 4 is 0 Å². The van der Waals surface area contributed by atoms with Crippen molar-refractivity contribution in [3.8, 4) is 11.5 Å². The van der Waals surface area contributed by atoms with Gasteiger partial charge in [0.2, 0.25) is 0 Å². The Bertz CT molecular complexity index is 291. The number of rotatable bonds is 3. The molecule has 1 aromatic rings. The Balaban J connectivity index is 2.95. The SMILES string of the molecule is COc1ccc([C@H](N)CF)cc1O. The molecule has 4 heteroatoms. The van der Waals surface area contributed by atoms with Crippen LogP contribution in [0.5, 0.6) is 11.5 Å². The van der Waals surface area contributed by atoms with Crippen LogP contribution in [0.4, 0.5) is 4.39 Å². The molecule has 0 aliphatic carbocycles. The van der Waals surface area contributed by atoms with Gasteiger partial charge in [0, 0.05) is 0 Å². The van der Waals surface area contributed by atoms with Gasteiger partial charge in [0.25, 0.3) is 0 Å². The van der Waals surface area contributed by atoms with E-state index < -0.39 is 12.7 Å². The maximum absolute atomic E-state index is 12.1. The number of nitrogens with two attached hydrogens (primary N) is 1. The van der Waals surface area contributed by atoms with Gasteiger partial charge >= 0.3 is 0 Å². The minimum absolute atomic E-state index is 0.0242. The van der Waals surface area contributed by atoms with Crippen molar-refractivity contribution in [2.24, 2.45) is 5.73 Å². The van der Waals surface area contributed by atoms with Gasteiger partial charge in [0.05, 0.1) is 13.2 Å². The third-order valence-corrected chi connectivity index (χ3v) is 1.80. The number of phenolic OH excluding ortho intramolecular Hbond substituents is 1. The summed E-state index contributed by atoms with van der Waals surface area (Å²) in [6, 6.07) is 3.91. The van der Waals surface area contributed by atoms with E-state index in [9.17, 15) is 9.50 Å². The second kappa shape index (κ2) is 4.09. The molecule has 1 aromatic carbocycles. The predicted molar refractivity (Wildman–Crippen MR) is 47.6 cm³/mol. The smallest absolute Gasteiger partial charge is 0.160 e. The lowest BCUT2D eigenvalue weighted by atomic mass is 10.1. The molecular weight excluding hydrogens is 173 g/mol. The first-order chi connectivity index (χ1) is 6.19. The van der Waals surface area contributed by atoms with Crippen molar-refractivity contribution in [3.05, 3.63) is 23.8 Å². The average Bonchev–Trinajstić information content (AvgIpc) is 2.16. The highest BCUT2D eigenvalue weighted by atomic mass is 19.1. The normalized spacial score (nSPS) is 12.5. The molecule has 0 spiro atoms. The number of hydrogen-bond acceptors (Lipinski definition) is 3. The number of halogens is 1. The minimum Gasteiger partial charge on any atom is -0.504 e. The molecule has 1 atom stereocenters. The summed E-state index contributed by atoms with van der Waals surface area (Å²) in [5.41, 5.74) is 5.98. The molecule has 0 radical (unpaired) electrons. The lowest BCUT2D eigenvalue weighted by Gasteiger charge is -2.09. The van der Waals surface area contributed by atoms with E-state index in [2.05, 4.69) is 0 Å². The molecule has 0 aromatic heterocycles. The highest BCUT2D eigenvalue weighted by Crippen LogP contribution is 2.28. The largest absolute Gasteiger partial charge is 0.504 e. The fraction of sp³-hybridized carbons (Fsp3) is 0.333. The van der Waals surface area contributed by atoms with Crippen LogP contribution in [0.15, 0.2) is 18.2 Å². The van der Waals surface area contributed by atoms with E-state index in [1.54, 1.807) is 12.1 Å². The van der Waals surface area contributed by atoms with E-state index >= 15 is 0 Å². The number of benzene rings is 1. The summed E-state index contributed by atoms with van der Waals surface area (Å²) in [7, 11) is 1.45. The summed E-state index contributed by atoms with van der Waals surface area (Å²) in [5, 5.41) is 9.33. The summed E-state index contributed by atoms with van der Waals surface area (Å²) < 4.78 is 17.0. The second-order valence-electron chi connectivity index (χ2n) is 2.69. The van der Waals surface area contributed by atoms with E-state index in [1.165, 1.54) is 13.2 Å². The summed E-state index contributed by atoms with van der Waals surface area (Å²) in [5.74, 6) is 0.332. The van der Waals surface area contributed by atoms with Crippen LogP contribution in [-0.4, -0.2) is 18.9 Å². The van der Waals surface area contributed by atoms with Gasteiger partial charge in [-0.05, 0) is 17.7 Å². The molecule has 1 rings (SSSR count). The van der Waals surface area contributed by atoms with Gasteiger partial charge in [-0.25, -0.2) is 4.39 Å². The van der Waals surface area contributed by atoms with E-state index in [0.29, 0.717) is 11.3 Å². The van der Waals surface area contributed by atoms with Gasteiger partial charge < -0.3 is 15.6 Å². The van der Waals surface area contributed by atoms with Crippen molar-refractivity contribution in [3.63, 3.8) is 0 Å². The van der Waals surface area contributed by atoms with Crippen LogP contribution < -0.4 is 10.5 Å². The van der Waals surface area contributed by atoms with Crippen LogP contribution in [0.1, 0.15) is 11.6 Å². The van der Waals surface area contributed by atoms with Crippen molar-refractivity contribution in [1.29, 1.82) is 0 Å². The quantitative estimate of drug-likeness (QED) is 0.747. The van der Waals surface area contributed by atoms with Crippen LogP contribution in [0.3, 0.4) is 0 Å².